The van der Waals surface area contributed by atoms with Crippen LogP contribution < -0.4 is 21.1 Å². The summed E-state index contributed by atoms with van der Waals surface area (Å²) >= 11 is 0. The molecule has 3 aromatic rings. The number of nitrogens with zero attached hydrogens (tertiary/aromatic N) is 2. The highest BCUT2D eigenvalue weighted by atomic mass is 16.5. The summed E-state index contributed by atoms with van der Waals surface area (Å²) < 4.78 is 6.74. The molecule has 1 aliphatic heterocycles. The summed E-state index contributed by atoms with van der Waals surface area (Å²) in [7, 11) is 1.59. The number of nitrogens with one attached hydrogen (secondary N) is 2. The third kappa shape index (κ3) is 3.85. The SMILES string of the molecule is COc1ccc(-c2nn3c(c2C)NC(=O)CC3C(=O)Nc2ccc(C(N)=O)cc2)cc1. The fourth-order valence-corrected chi connectivity index (χ4v) is 3.51. The molecule has 1 aromatic heterocycles. The Hall–Kier alpha value is -4.14. The van der Waals surface area contributed by atoms with Crippen molar-refractivity contribution in [3.05, 3.63) is 59.7 Å². The highest BCUT2D eigenvalue weighted by Crippen LogP contribution is 2.35. The van der Waals surface area contributed by atoms with Crippen LogP contribution in [0, 0.1) is 6.92 Å². The third-order valence-corrected chi connectivity index (χ3v) is 5.18. The number of nitrogens with two attached hydrogens (primary N) is 1. The van der Waals surface area contributed by atoms with Gasteiger partial charge >= 0.3 is 0 Å². The van der Waals surface area contributed by atoms with E-state index in [0.717, 1.165) is 16.9 Å². The van der Waals surface area contributed by atoms with Crippen molar-refractivity contribution in [3.63, 3.8) is 0 Å². The number of carbonyl (C=O) groups is 3. The van der Waals surface area contributed by atoms with Crippen LogP contribution in [0.5, 0.6) is 5.75 Å². The van der Waals surface area contributed by atoms with Gasteiger partial charge in [-0.15, -0.1) is 0 Å². The van der Waals surface area contributed by atoms with Gasteiger partial charge in [0.25, 0.3) is 0 Å². The summed E-state index contributed by atoms with van der Waals surface area (Å²) in [6, 6.07) is 12.8. The Bertz CT molecular complexity index is 1170. The van der Waals surface area contributed by atoms with Gasteiger partial charge in [0.2, 0.25) is 17.7 Å². The molecule has 1 aliphatic rings. The lowest BCUT2D eigenvalue weighted by Gasteiger charge is -2.24. The number of ether oxygens (including phenoxy) is 1. The Morgan fingerprint density at radius 1 is 1.16 bits per heavy atom. The first-order chi connectivity index (χ1) is 14.9. The van der Waals surface area contributed by atoms with Crippen molar-refractivity contribution in [1.82, 2.24) is 9.78 Å². The summed E-state index contributed by atoms with van der Waals surface area (Å²) in [6.07, 6.45) is -0.0403. The summed E-state index contributed by atoms with van der Waals surface area (Å²) in [6.45, 7) is 1.85. The molecular weight excluding hydrogens is 398 g/mol. The number of hydrogen-bond donors (Lipinski definition) is 3. The van der Waals surface area contributed by atoms with Crippen molar-refractivity contribution in [2.24, 2.45) is 5.73 Å². The molecule has 1 atom stereocenters. The predicted octanol–water partition coefficient (Wildman–Crippen LogP) is 2.49. The van der Waals surface area contributed by atoms with Gasteiger partial charge in [-0.25, -0.2) is 4.68 Å². The van der Waals surface area contributed by atoms with Gasteiger partial charge in [-0.2, -0.15) is 5.10 Å². The fraction of sp³-hybridized carbons (Fsp3) is 0.182. The lowest BCUT2D eigenvalue weighted by molar-refractivity contribution is -0.125. The number of carbonyl (C=O) groups excluding carboxylic acids is 3. The Kier molecular flexibility index (Phi) is 5.16. The van der Waals surface area contributed by atoms with Crippen LogP contribution in [0.3, 0.4) is 0 Å². The minimum Gasteiger partial charge on any atom is -0.497 e. The zero-order chi connectivity index (χ0) is 22.1. The lowest BCUT2D eigenvalue weighted by atomic mass is 10.1. The number of amides is 3. The Morgan fingerprint density at radius 2 is 1.84 bits per heavy atom. The van der Waals surface area contributed by atoms with Crippen LogP contribution in [0.25, 0.3) is 11.3 Å². The molecule has 2 aromatic carbocycles. The molecule has 0 fully saturated rings. The van der Waals surface area contributed by atoms with E-state index in [1.807, 2.05) is 31.2 Å². The van der Waals surface area contributed by atoms with Crippen LogP contribution in [0.15, 0.2) is 48.5 Å². The van der Waals surface area contributed by atoms with Crippen molar-refractivity contribution in [2.45, 2.75) is 19.4 Å². The van der Waals surface area contributed by atoms with Gasteiger partial charge in [0.1, 0.15) is 17.6 Å². The molecule has 0 radical (unpaired) electrons. The Balaban J connectivity index is 1.64. The summed E-state index contributed by atoms with van der Waals surface area (Å²) in [5.41, 5.74) is 8.35. The van der Waals surface area contributed by atoms with Gasteiger partial charge in [0, 0.05) is 22.4 Å². The standard InChI is InChI=1S/C22H21N5O4/c1-12-19(13-5-9-16(31-2)10-6-13)26-27-17(11-18(28)25-21(12)27)22(30)24-15-7-3-14(4-8-15)20(23)29/h3-10,17H,11H2,1-2H3,(H2,23,29)(H,24,30)(H,25,28). The Labute approximate surface area is 178 Å². The predicted molar refractivity (Wildman–Crippen MR) is 115 cm³/mol. The molecule has 9 nitrogen and oxygen atoms in total. The molecule has 2 heterocycles. The number of aromatic nitrogens is 2. The van der Waals surface area contributed by atoms with Crippen molar-refractivity contribution in [2.75, 3.05) is 17.7 Å². The number of methoxy groups -OCH3 is 1. The number of benzene rings is 2. The van der Waals surface area contributed by atoms with E-state index in [2.05, 4.69) is 15.7 Å². The van der Waals surface area contributed by atoms with E-state index in [9.17, 15) is 14.4 Å². The minimum absolute atomic E-state index is 0.0403. The average Bonchev–Trinajstić information content (AvgIpc) is 3.10. The topological polar surface area (TPSA) is 128 Å². The van der Waals surface area contributed by atoms with Crippen LogP contribution in [-0.4, -0.2) is 34.6 Å². The lowest BCUT2D eigenvalue weighted by Crippen LogP contribution is -2.35. The molecule has 158 valence electrons. The minimum atomic E-state index is -0.815. The molecular formula is C22H21N5O4. The molecule has 0 bridgehead atoms. The zero-order valence-electron chi connectivity index (χ0n) is 17.0. The van der Waals surface area contributed by atoms with Gasteiger partial charge in [0.05, 0.1) is 19.2 Å². The molecule has 0 spiro atoms. The number of hydrogen-bond acceptors (Lipinski definition) is 5. The molecule has 0 aliphatic carbocycles. The number of fused-ring (bicyclic) bond motifs is 1. The second-order valence-electron chi connectivity index (χ2n) is 7.19. The second kappa shape index (κ2) is 7.94. The zero-order valence-corrected chi connectivity index (χ0v) is 17.0. The quantitative estimate of drug-likeness (QED) is 0.585. The van der Waals surface area contributed by atoms with Crippen molar-refractivity contribution >= 4 is 29.2 Å². The monoisotopic (exact) mass is 419 g/mol. The fourth-order valence-electron chi connectivity index (χ4n) is 3.51. The first-order valence-corrected chi connectivity index (χ1v) is 9.61. The van der Waals surface area contributed by atoms with Crippen molar-refractivity contribution in [3.8, 4) is 17.0 Å². The molecule has 4 N–H and O–H groups in total. The number of rotatable bonds is 5. The summed E-state index contributed by atoms with van der Waals surface area (Å²) in [5, 5.41) is 10.2. The van der Waals surface area contributed by atoms with Crippen LogP contribution in [0.1, 0.15) is 28.4 Å². The summed E-state index contributed by atoms with van der Waals surface area (Å²) in [5.74, 6) is 0.0156. The first-order valence-electron chi connectivity index (χ1n) is 9.61. The van der Waals surface area contributed by atoms with Gasteiger partial charge < -0.3 is 21.1 Å². The highest BCUT2D eigenvalue weighted by molar-refractivity contribution is 6.02. The summed E-state index contributed by atoms with van der Waals surface area (Å²) in [4.78, 5) is 36.5. The molecule has 3 amide bonds. The van der Waals surface area contributed by atoms with Crippen LogP contribution in [0.4, 0.5) is 11.5 Å². The molecule has 1 unspecified atom stereocenters. The first kappa shape index (κ1) is 20.1. The van der Waals surface area contributed by atoms with Crippen LogP contribution >= 0.6 is 0 Å². The van der Waals surface area contributed by atoms with E-state index in [-0.39, 0.29) is 18.2 Å². The van der Waals surface area contributed by atoms with Crippen LogP contribution in [0.2, 0.25) is 0 Å². The largest absolute Gasteiger partial charge is 0.497 e. The number of anilines is 2. The van der Waals surface area contributed by atoms with Gasteiger partial charge in [0.15, 0.2) is 0 Å². The second-order valence-corrected chi connectivity index (χ2v) is 7.19. The number of primary amides is 1. The van der Waals surface area contributed by atoms with Gasteiger partial charge in [-0.1, -0.05) is 0 Å². The molecule has 9 heteroatoms. The molecule has 4 rings (SSSR count). The average molecular weight is 419 g/mol. The van der Waals surface area contributed by atoms with E-state index in [1.54, 1.807) is 23.9 Å². The highest BCUT2D eigenvalue weighted by Gasteiger charge is 2.34. The van der Waals surface area contributed by atoms with Gasteiger partial charge in [-0.3, -0.25) is 14.4 Å². The van der Waals surface area contributed by atoms with Crippen molar-refractivity contribution < 1.29 is 19.1 Å². The Morgan fingerprint density at radius 3 is 2.45 bits per heavy atom. The van der Waals surface area contributed by atoms with Gasteiger partial charge in [-0.05, 0) is 55.5 Å². The molecule has 31 heavy (non-hydrogen) atoms. The maximum atomic E-state index is 13.0. The van der Waals surface area contributed by atoms with E-state index >= 15 is 0 Å². The maximum Gasteiger partial charge on any atom is 0.249 e. The van der Waals surface area contributed by atoms with Crippen molar-refractivity contribution in [1.29, 1.82) is 0 Å². The normalized spacial score (nSPS) is 15.0. The van der Waals surface area contributed by atoms with Crippen LogP contribution in [-0.2, 0) is 9.59 Å². The molecule has 0 saturated carbocycles. The smallest absolute Gasteiger partial charge is 0.249 e. The maximum absolute atomic E-state index is 13.0. The van der Waals surface area contributed by atoms with E-state index < -0.39 is 11.9 Å². The van der Waals surface area contributed by atoms with E-state index in [1.165, 1.54) is 12.1 Å². The third-order valence-electron chi connectivity index (χ3n) is 5.18. The van der Waals surface area contributed by atoms with E-state index in [4.69, 9.17) is 10.5 Å². The molecule has 0 saturated heterocycles. The van der Waals surface area contributed by atoms with E-state index in [0.29, 0.717) is 22.8 Å².